The van der Waals surface area contributed by atoms with Crippen LogP contribution in [-0.4, -0.2) is 10.9 Å². The topological polar surface area (TPSA) is 55.1 Å². The number of hydrogen-bond acceptors (Lipinski definition) is 3. The van der Waals surface area contributed by atoms with Crippen LogP contribution in [0, 0.1) is 5.82 Å². The van der Waals surface area contributed by atoms with Crippen LogP contribution in [0.15, 0.2) is 35.1 Å². The lowest BCUT2D eigenvalue weighted by molar-refractivity contribution is 0.0947. The van der Waals surface area contributed by atoms with Gasteiger partial charge in [-0.25, -0.2) is 9.37 Å². The van der Waals surface area contributed by atoms with E-state index < -0.39 is 11.7 Å². The third kappa shape index (κ3) is 2.82. The summed E-state index contributed by atoms with van der Waals surface area (Å²) < 4.78 is 17.9. The van der Waals surface area contributed by atoms with Crippen molar-refractivity contribution in [3.63, 3.8) is 0 Å². The molecule has 1 N–H and O–H groups in total. The van der Waals surface area contributed by atoms with Gasteiger partial charge in [0.15, 0.2) is 0 Å². The number of furan rings is 1. The van der Waals surface area contributed by atoms with Gasteiger partial charge in [0.2, 0.25) is 0 Å². The molecule has 0 unspecified atom stereocenters. The molecule has 0 saturated carbocycles. The molecule has 0 aliphatic rings. The monoisotopic (exact) mass is 254 g/mol. The average molecular weight is 255 g/mol. The van der Waals surface area contributed by atoms with Gasteiger partial charge >= 0.3 is 0 Å². The molecule has 2 aromatic rings. The number of pyridine rings is 1. The van der Waals surface area contributed by atoms with Gasteiger partial charge < -0.3 is 9.73 Å². The van der Waals surface area contributed by atoms with Gasteiger partial charge in [0, 0.05) is 0 Å². The first-order valence-corrected chi connectivity index (χ1v) is 5.16. The van der Waals surface area contributed by atoms with E-state index in [0.717, 1.165) is 12.3 Å². The number of hydrogen-bond donors (Lipinski definition) is 1. The van der Waals surface area contributed by atoms with E-state index in [2.05, 4.69) is 10.3 Å². The predicted molar refractivity (Wildman–Crippen MR) is 59.1 cm³/mol. The van der Waals surface area contributed by atoms with Crippen molar-refractivity contribution >= 4 is 17.5 Å². The van der Waals surface area contributed by atoms with Crippen LogP contribution in [0.5, 0.6) is 0 Å². The van der Waals surface area contributed by atoms with Gasteiger partial charge in [-0.3, -0.25) is 4.79 Å². The molecule has 0 aliphatic heterocycles. The van der Waals surface area contributed by atoms with Gasteiger partial charge in [0.05, 0.1) is 24.6 Å². The highest BCUT2D eigenvalue weighted by atomic mass is 35.5. The van der Waals surface area contributed by atoms with Crippen LogP contribution in [0.2, 0.25) is 5.15 Å². The molecule has 2 aromatic heterocycles. The van der Waals surface area contributed by atoms with Crippen LogP contribution in [0.25, 0.3) is 0 Å². The van der Waals surface area contributed by atoms with Crippen molar-refractivity contribution in [2.75, 3.05) is 0 Å². The first kappa shape index (κ1) is 11.6. The molecule has 0 bridgehead atoms. The Morgan fingerprint density at radius 2 is 2.41 bits per heavy atom. The number of carbonyl (C=O) groups excluding carboxylic acids is 1. The summed E-state index contributed by atoms with van der Waals surface area (Å²) in [4.78, 5) is 15.2. The number of nitrogens with one attached hydrogen (secondary N) is 1. The van der Waals surface area contributed by atoms with E-state index in [-0.39, 0.29) is 17.3 Å². The second kappa shape index (κ2) is 4.97. The van der Waals surface area contributed by atoms with Crippen molar-refractivity contribution in [2.24, 2.45) is 0 Å². The standard InChI is InChI=1S/C11H8ClFN2O2/c12-10-9(4-7(13)5-14-10)11(16)15-6-8-2-1-3-17-8/h1-5H,6H2,(H,15,16). The zero-order valence-corrected chi connectivity index (χ0v) is 9.37. The number of halogens is 2. The highest BCUT2D eigenvalue weighted by Gasteiger charge is 2.12. The van der Waals surface area contributed by atoms with Crippen LogP contribution in [0.1, 0.15) is 16.1 Å². The second-order valence-electron chi connectivity index (χ2n) is 3.25. The maximum Gasteiger partial charge on any atom is 0.254 e. The normalized spacial score (nSPS) is 10.2. The molecule has 88 valence electrons. The van der Waals surface area contributed by atoms with Gasteiger partial charge in [0.1, 0.15) is 16.7 Å². The van der Waals surface area contributed by atoms with E-state index in [1.165, 1.54) is 6.26 Å². The summed E-state index contributed by atoms with van der Waals surface area (Å²) in [6.07, 6.45) is 2.45. The quantitative estimate of drug-likeness (QED) is 0.856. The molecule has 2 heterocycles. The highest BCUT2D eigenvalue weighted by molar-refractivity contribution is 6.32. The lowest BCUT2D eigenvalue weighted by Crippen LogP contribution is -2.23. The summed E-state index contributed by atoms with van der Waals surface area (Å²) in [5, 5.41) is 2.51. The lowest BCUT2D eigenvalue weighted by Gasteiger charge is -2.04. The highest BCUT2D eigenvalue weighted by Crippen LogP contribution is 2.13. The van der Waals surface area contributed by atoms with E-state index in [1.807, 2.05) is 0 Å². The van der Waals surface area contributed by atoms with Crippen LogP contribution in [-0.2, 0) is 6.54 Å². The Balaban J connectivity index is 2.07. The van der Waals surface area contributed by atoms with E-state index >= 15 is 0 Å². The Morgan fingerprint density at radius 1 is 1.59 bits per heavy atom. The Bertz CT molecular complexity index is 528. The first-order chi connectivity index (χ1) is 8.16. The molecular weight excluding hydrogens is 247 g/mol. The van der Waals surface area contributed by atoms with Crippen molar-refractivity contribution in [3.8, 4) is 0 Å². The summed E-state index contributed by atoms with van der Waals surface area (Å²) in [5.41, 5.74) is -0.00165. The Hall–Kier alpha value is -1.88. The molecule has 0 spiro atoms. The number of amides is 1. The van der Waals surface area contributed by atoms with Crippen LogP contribution in [0.3, 0.4) is 0 Å². The van der Waals surface area contributed by atoms with Crippen LogP contribution < -0.4 is 5.32 Å². The molecule has 0 saturated heterocycles. The maximum absolute atomic E-state index is 12.9. The minimum atomic E-state index is -0.613. The Labute approximate surface area is 101 Å². The summed E-state index contributed by atoms with van der Waals surface area (Å²) in [7, 11) is 0. The molecule has 17 heavy (non-hydrogen) atoms. The zero-order chi connectivity index (χ0) is 12.3. The molecule has 0 fully saturated rings. The fraction of sp³-hybridized carbons (Fsp3) is 0.0909. The van der Waals surface area contributed by atoms with Crippen molar-refractivity contribution in [2.45, 2.75) is 6.54 Å². The number of aromatic nitrogens is 1. The average Bonchev–Trinajstić information content (AvgIpc) is 2.82. The molecule has 2 rings (SSSR count). The van der Waals surface area contributed by atoms with E-state index in [1.54, 1.807) is 12.1 Å². The van der Waals surface area contributed by atoms with E-state index in [4.69, 9.17) is 16.0 Å². The molecule has 1 amide bonds. The van der Waals surface area contributed by atoms with Crippen LogP contribution in [0.4, 0.5) is 4.39 Å². The van der Waals surface area contributed by atoms with Crippen molar-refractivity contribution < 1.29 is 13.6 Å². The summed E-state index contributed by atoms with van der Waals surface area (Å²) in [6.45, 7) is 0.207. The van der Waals surface area contributed by atoms with Crippen molar-refractivity contribution in [1.82, 2.24) is 10.3 Å². The predicted octanol–water partition coefficient (Wildman–Crippen LogP) is 2.40. The molecule has 6 heteroatoms. The van der Waals surface area contributed by atoms with Gasteiger partial charge in [0.25, 0.3) is 5.91 Å². The summed E-state index contributed by atoms with van der Waals surface area (Å²) in [6, 6.07) is 4.46. The Morgan fingerprint density at radius 3 is 3.12 bits per heavy atom. The largest absolute Gasteiger partial charge is 0.467 e. The molecule has 0 aliphatic carbocycles. The molecule has 4 nitrogen and oxygen atoms in total. The van der Waals surface area contributed by atoms with E-state index in [9.17, 15) is 9.18 Å². The smallest absolute Gasteiger partial charge is 0.254 e. The van der Waals surface area contributed by atoms with Gasteiger partial charge in [-0.05, 0) is 18.2 Å². The summed E-state index contributed by atoms with van der Waals surface area (Å²) >= 11 is 5.69. The first-order valence-electron chi connectivity index (χ1n) is 4.78. The van der Waals surface area contributed by atoms with Crippen molar-refractivity contribution in [1.29, 1.82) is 0 Å². The summed E-state index contributed by atoms with van der Waals surface area (Å²) in [5.74, 6) is -0.519. The minimum absolute atomic E-state index is 0.00165. The fourth-order valence-corrected chi connectivity index (χ4v) is 1.45. The molecule has 0 aromatic carbocycles. The molecule has 0 radical (unpaired) electrons. The SMILES string of the molecule is O=C(NCc1ccco1)c1cc(F)cnc1Cl. The third-order valence-electron chi connectivity index (χ3n) is 2.05. The molecule has 0 atom stereocenters. The fourth-order valence-electron chi connectivity index (χ4n) is 1.26. The third-order valence-corrected chi connectivity index (χ3v) is 2.35. The van der Waals surface area contributed by atoms with Gasteiger partial charge in [-0.2, -0.15) is 0 Å². The lowest BCUT2D eigenvalue weighted by atomic mass is 10.2. The Kier molecular flexibility index (Phi) is 3.39. The number of carbonyl (C=O) groups is 1. The number of rotatable bonds is 3. The zero-order valence-electron chi connectivity index (χ0n) is 8.61. The maximum atomic E-state index is 12.9. The number of nitrogens with zero attached hydrogens (tertiary/aromatic N) is 1. The second-order valence-corrected chi connectivity index (χ2v) is 3.61. The van der Waals surface area contributed by atoms with Crippen molar-refractivity contribution in [3.05, 3.63) is 53.0 Å². The molecular formula is C11H8ClFN2O2. The van der Waals surface area contributed by atoms with Crippen LogP contribution >= 0.6 is 11.6 Å². The van der Waals surface area contributed by atoms with Gasteiger partial charge in [-0.1, -0.05) is 11.6 Å². The van der Waals surface area contributed by atoms with E-state index in [0.29, 0.717) is 5.76 Å². The minimum Gasteiger partial charge on any atom is -0.467 e. The van der Waals surface area contributed by atoms with Gasteiger partial charge in [-0.15, -0.1) is 0 Å².